The van der Waals surface area contributed by atoms with Gasteiger partial charge < -0.3 is 10.0 Å². The molecule has 0 bridgehead atoms. The van der Waals surface area contributed by atoms with Crippen LogP contribution >= 0.6 is 0 Å². The fourth-order valence-corrected chi connectivity index (χ4v) is 2.47. The van der Waals surface area contributed by atoms with Gasteiger partial charge in [0.2, 0.25) is 0 Å². The molecule has 3 nitrogen and oxygen atoms in total. The Balaban J connectivity index is 1.94. The van der Waals surface area contributed by atoms with Crippen molar-refractivity contribution in [2.75, 3.05) is 13.1 Å². The van der Waals surface area contributed by atoms with Gasteiger partial charge in [0.05, 0.1) is 0 Å². The summed E-state index contributed by atoms with van der Waals surface area (Å²) in [5.41, 5.74) is 0.449. The summed E-state index contributed by atoms with van der Waals surface area (Å²) >= 11 is 0. The minimum atomic E-state index is -0.824. The average Bonchev–Trinajstić information content (AvgIpc) is 2.45. The Morgan fingerprint density at radius 2 is 2.15 bits per heavy atom. The van der Waals surface area contributed by atoms with Gasteiger partial charge in [-0.1, -0.05) is 6.42 Å². The average molecular weight is 183 g/mol. The van der Waals surface area contributed by atoms with E-state index < -0.39 is 6.10 Å². The summed E-state index contributed by atoms with van der Waals surface area (Å²) < 4.78 is 0. The third-order valence-corrected chi connectivity index (χ3v) is 3.52. The smallest absolute Gasteiger partial charge is 0.251 e. The second-order valence-corrected chi connectivity index (χ2v) is 4.54. The second kappa shape index (κ2) is 2.98. The van der Waals surface area contributed by atoms with Crippen LogP contribution in [0, 0.1) is 5.41 Å². The molecule has 0 aromatic carbocycles. The lowest BCUT2D eigenvalue weighted by Crippen LogP contribution is -2.39. The van der Waals surface area contributed by atoms with Crippen molar-refractivity contribution in [2.24, 2.45) is 5.41 Å². The molecule has 0 radical (unpaired) electrons. The van der Waals surface area contributed by atoms with Crippen molar-refractivity contribution in [3.63, 3.8) is 0 Å². The molecule has 1 heterocycles. The van der Waals surface area contributed by atoms with Crippen LogP contribution in [-0.2, 0) is 4.79 Å². The highest BCUT2D eigenvalue weighted by Gasteiger charge is 2.44. The quantitative estimate of drug-likeness (QED) is 0.652. The van der Waals surface area contributed by atoms with E-state index in [9.17, 15) is 4.79 Å². The number of rotatable bonds is 1. The Kier molecular flexibility index (Phi) is 2.06. The molecule has 1 aliphatic carbocycles. The summed E-state index contributed by atoms with van der Waals surface area (Å²) in [6, 6.07) is 0. The van der Waals surface area contributed by atoms with E-state index in [0.717, 1.165) is 19.5 Å². The van der Waals surface area contributed by atoms with Crippen LogP contribution in [0.5, 0.6) is 0 Å². The number of carbonyl (C=O) groups excluding carboxylic acids is 1. The zero-order valence-electron chi connectivity index (χ0n) is 8.12. The van der Waals surface area contributed by atoms with Gasteiger partial charge in [-0.15, -0.1) is 0 Å². The Hall–Kier alpha value is -0.570. The first-order valence-electron chi connectivity index (χ1n) is 5.10. The number of aliphatic hydroxyl groups is 1. The molecule has 2 fully saturated rings. The topological polar surface area (TPSA) is 40.5 Å². The molecule has 1 aliphatic heterocycles. The number of likely N-dealkylation sites (tertiary alicyclic amines) is 1. The molecule has 2 rings (SSSR count). The van der Waals surface area contributed by atoms with E-state index in [0.29, 0.717) is 5.41 Å². The molecule has 3 heteroatoms. The number of hydrogen-bond donors (Lipinski definition) is 1. The van der Waals surface area contributed by atoms with E-state index in [-0.39, 0.29) is 5.91 Å². The number of aliphatic hydroxyl groups excluding tert-OH is 1. The van der Waals surface area contributed by atoms with Crippen LogP contribution in [-0.4, -0.2) is 35.1 Å². The molecule has 13 heavy (non-hydrogen) atoms. The predicted molar refractivity (Wildman–Crippen MR) is 49.2 cm³/mol. The number of amides is 1. The molecule has 0 aromatic heterocycles. The van der Waals surface area contributed by atoms with E-state index in [1.807, 2.05) is 4.90 Å². The Bertz CT molecular complexity index is 221. The molecule has 1 amide bonds. The molecule has 2 aliphatic rings. The van der Waals surface area contributed by atoms with Gasteiger partial charge in [-0.2, -0.15) is 0 Å². The zero-order valence-corrected chi connectivity index (χ0v) is 8.12. The summed E-state index contributed by atoms with van der Waals surface area (Å²) in [6.07, 6.45) is 4.19. The van der Waals surface area contributed by atoms with Gasteiger partial charge in [0.1, 0.15) is 6.10 Å². The van der Waals surface area contributed by atoms with Gasteiger partial charge in [-0.3, -0.25) is 4.79 Å². The maximum Gasteiger partial charge on any atom is 0.251 e. The molecular weight excluding hydrogens is 166 g/mol. The van der Waals surface area contributed by atoms with Crippen LogP contribution in [0.1, 0.15) is 32.6 Å². The maximum absolute atomic E-state index is 11.4. The van der Waals surface area contributed by atoms with Gasteiger partial charge >= 0.3 is 0 Å². The molecule has 1 spiro atoms. The largest absolute Gasteiger partial charge is 0.384 e. The summed E-state index contributed by atoms with van der Waals surface area (Å²) in [5, 5.41) is 9.15. The van der Waals surface area contributed by atoms with Crippen LogP contribution in [0.3, 0.4) is 0 Å². The van der Waals surface area contributed by atoms with Crippen molar-refractivity contribution >= 4 is 5.91 Å². The first kappa shape index (κ1) is 9.00. The van der Waals surface area contributed by atoms with Crippen molar-refractivity contribution in [2.45, 2.75) is 38.7 Å². The van der Waals surface area contributed by atoms with E-state index in [1.54, 1.807) is 6.92 Å². The standard InChI is InChI=1S/C10H17NO2/c1-8(12)9(13)11-6-5-10(7-11)3-2-4-10/h8,12H,2-7H2,1H3. The third kappa shape index (κ3) is 1.46. The molecule has 1 saturated carbocycles. The van der Waals surface area contributed by atoms with Crippen LogP contribution in [0.15, 0.2) is 0 Å². The lowest BCUT2D eigenvalue weighted by Gasteiger charge is -2.38. The Labute approximate surface area is 78.7 Å². The minimum Gasteiger partial charge on any atom is -0.384 e. The van der Waals surface area contributed by atoms with E-state index in [1.165, 1.54) is 19.3 Å². The van der Waals surface area contributed by atoms with E-state index in [4.69, 9.17) is 5.11 Å². The monoisotopic (exact) mass is 183 g/mol. The summed E-state index contributed by atoms with van der Waals surface area (Å²) in [5.74, 6) is -0.0937. The van der Waals surface area contributed by atoms with E-state index in [2.05, 4.69) is 0 Å². The summed E-state index contributed by atoms with van der Waals surface area (Å²) in [4.78, 5) is 13.3. The highest BCUT2D eigenvalue weighted by molar-refractivity contribution is 5.80. The van der Waals surface area contributed by atoms with Crippen molar-refractivity contribution in [3.8, 4) is 0 Å². The number of hydrogen-bond acceptors (Lipinski definition) is 2. The Morgan fingerprint density at radius 1 is 1.46 bits per heavy atom. The van der Waals surface area contributed by atoms with Crippen LogP contribution in [0.2, 0.25) is 0 Å². The summed E-state index contributed by atoms with van der Waals surface area (Å²) in [7, 11) is 0. The lowest BCUT2D eigenvalue weighted by atomic mass is 9.68. The summed E-state index contributed by atoms with van der Waals surface area (Å²) in [6.45, 7) is 3.29. The maximum atomic E-state index is 11.4. The molecule has 74 valence electrons. The first-order valence-corrected chi connectivity index (χ1v) is 5.10. The first-order chi connectivity index (χ1) is 6.13. The minimum absolute atomic E-state index is 0.0937. The molecule has 1 saturated heterocycles. The fraction of sp³-hybridized carbons (Fsp3) is 0.900. The molecule has 1 unspecified atom stereocenters. The fourth-order valence-electron chi connectivity index (χ4n) is 2.47. The van der Waals surface area contributed by atoms with Gasteiger partial charge in [-0.05, 0) is 31.6 Å². The van der Waals surface area contributed by atoms with Crippen molar-refractivity contribution in [1.29, 1.82) is 0 Å². The highest BCUT2D eigenvalue weighted by atomic mass is 16.3. The van der Waals surface area contributed by atoms with Crippen molar-refractivity contribution < 1.29 is 9.90 Å². The lowest BCUT2D eigenvalue weighted by molar-refractivity contribution is -0.138. The molecular formula is C10H17NO2. The van der Waals surface area contributed by atoms with Crippen molar-refractivity contribution in [1.82, 2.24) is 4.90 Å². The molecule has 0 aromatic rings. The van der Waals surface area contributed by atoms with Crippen LogP contribution in [0.4, 0.5) is 0 Å². The second-order valence-electron chi connectivity index (χ2n) is 4.54. The Morgan fingerprint density at radius 3 is 2.54 bits per heavy atom. The third-order valence-electron chi connectivity index (χ3n) is 3.52. The highest BCUT2D eigenvalue weighted by Crippen LogP contribution is 2.47. The van der Waals surface area contributed by atoms with Gasteiger partial charge in [-0.25, -0.2) is 0 Å². The van der Waals surface area contributed by atoms with Crippen LogP contribution in [0.25, 0.3) is 0 Å². The predicted octanol–water partition coefficient (Wildman–Crippen LogP) is 0.770. The van der Waals surface area contributed by atoms with Gasteiger partial charge in [0.15, 0.2) is 0 Å². The normalized spacial score (nSPS) is 27.4. The van der Waals surface area contributed by atoms with E-state index >= 15 is 0 Å². The number of nitrogens with zero attached hydrogens (tertiary/aromatic N) is 1. The molecule has 1 N–H and O–H groups in total. The van der Waals surface area contributed by atoms with Gasteiger partial charge in [0, 0.05) is 13.1 Å². The molecule has 1 atom stereocenters. The van der Waals surface area contributed by atoms with Crippen molar-refractivity contribution in [3.05, 3.63) is 0 Å². The SMILES string of the molecule is CC(O)C(=O)N1CCC2(CCC2)C1. The zero-order chi connectivity index (χ0) is 9.47. The van der Waals surface area contributed by atoms with Gasteiger partial charge in [0.25, 0.3) is 5.91 Å². The van der Waals surface area contributed by atoms with Crippen LogP contribution < -0.4 is 0 Å². The number of carbonyl (C=O) groups is 1.